The molecule has 1 heterocycles. The molecule has 0 saturated carbocycles. The lowest BCUT2D eigenvalue weighted by molar-refractivity contribution is 0.113. The number of anilines is 1. The molecule has 1 rings (SSSR count). The molecule has 1 aromatic heterocycles. The van der Waals surface area contributed by atoms with Gasteiger partial charge in [0.05, 0.1) is 12.7 Å². The third kappa shape index (κ3) is 3.62. The molecule has 0 aliphatic rings. The smallest absolute Gasteiger partial charge is 0.228 e. The fourth-order valence-electron chi connectivity index (χ4n) is 0.634. The van der Waals surface area contributed by atoms with Crippen molar-refractivity contribution in [1.82, 2.24) is 15.0 Å². The van der Waals surface area contributed by atoms with E-state index in [1.807, 2.05) is 0 Å². The summed E-state index contributed by atoms with van der Waals surface area (Å²) in [7, 11) is 0. The van der Waals surface area contributed by atoms with Crippen LogP contribution in [0.1, 0.15) is 0 Å². The molecule has 0 amide bonds. The Labute approximate surface area is 89.5 Å². The zero-order valence-corrected chi connectivity index (χ0v) is 8.66. The topological polar surface area (TPSA) is 105 Å². The summed E-state index contributed by atoms with van der Waals surface area (Å²) in [4.78, 5) is 11.1. The number of hydrogen-bond donors (Lipinski definition) is 3. The molecule has 8 heteroatoms. The SMILES string of the molecule is Nc1nc(Cl)nc(SCC(O)CO)n1. The zero-order valence-electron chi connectivity index (χ0n) is 7.09. The van der Waals surface area contributed by atoms with E-state index in [2.05, 4.69) is 15.0 Å². The molecule has 0 radical (unpaired) electrons. The number of aliphatic hydroxyl groups excluding tert-OH is 2. The maximum atomic E-state index is 9.05. The van der Waals surface area contributed by atoms with Gasteiger partial charge in [0.15, 0.2) is 5.16 Å². The molecule has 1 aromatic rings. The van der Waals surface area contributed by atoms with Crippen LogP contribution in [0.25, 0.3) is 0 Å². The third-order valence-corrected chi connectivity index (χ3v) is 2.38. The van der Waals surface area contributed by atoms with Crippen LogP contribution in [0.3, 0.4) is 0 Å². The van der Waals surface area contributed by atoms with E-state index < -0.39 is 6.10 Å². The minimum Gasteiger partial charge on any atom is -0.394 e. The number of nitrogens with two attached hydrogens (primary N) is 1. The van der Waals surface area contributed by atoms with Crippen LogP contribution in [0, 0.1) is 0 Å². The predicted molar refractivity (Wildman–Crippen MR) is 53.1 cm³/mol. The number of hydrogen-bond acceptors (Lipinski definition) is 7. The van der Waals surface area contributed by atoms with Gasteiger partial charge in [-0.05, 0) is 11.6 Å². The van der Waals surface area contributed by atoms with Gasteiger partial charge < -0.3 is 15.9 Å². The fourth-order valence-corrected chi connectivity index (χ4v) is 1.61. The molecule has 0 aliphatic carbocycles. The van der Waals surface area contributed by atoms with Crippen molar-refractivity contribution >= 4 is 29.3 Å². The highest BCUT2D eigenvalue weighted by Gasteiger charge is 2.07. The summed E-state index contributed by atoms with van der Waals surface area (Å²) in [5, 5.41) is 17.9. The highest BCUT2D eigenvalue weighted by molar-refractivity contribution is 7.99. The molecule has 0 aliphatic heterocycles. The highest BCUT2D eigenvalue weighted by Crippen LogP contribution is 2.16. The van der Waals surface area contributed by atoms with Gasteiger partial charge >= 0.3 is 0 Å². The van der Waals surface area contributed by atoms with E-state index in [9.17, 15) is 0 Å². The highest BCUT2D eigenvalue weighted by atomic mass is 35.5. The van der Waals surface area contributed by atoms with Gasteiger partial charge in [0.25, 0.3) is 0 Å². The van der Waals surface area contributed by atoms with Crippen molar-refractivity contribution in [2.24, 2.45) is 0 Å². The van der Waals surface area contributed by atoms with Crippen molar-refractivity contribution in [2.75, 3.05) is 18.1 Å². The molecule has 4 N–H and O–H groups in total. The average molecular weight is 237 g/mol. The van der Waals surface area contributed by atoms with Gasteiger partial charge in [0.1, 0.15) is 0 Å². The number of aromatic nitrogens is 3. The van der Waals surface area contributed by atoms with Crippen LogP contribution >= 0.6 is 23.4 Å². The minimum absolute atomic E-state index is 0.0125. The van der Waals surface area contributed by atoms with E-state index in [0.717, 1.165) is 11.8 Å². The van der Waals surface area contributed by atoms with E-state index in [4.69, 9.17) is 27.5 Å². The first kappa shape index (κ1) is 11.4. The Hall–Kier alpha value is -0.630. The molecule has 14 heavy (non-hydrogen) atoms. The quantitative estimate of drug-likeness (QED) is 0.608. The monoisotopic (exact) mass is 236 g/mol. The van der Waals surface area contributed by atoms with Crippen molar-refractivity contribution in [3.05, 3.63) is 5.28 Å². The van der Waals surface area contributed by atoms with E-state index in [1.165, 1.54) is 0 Å². The van der Waals surface area contributed by atoms with Crippen LogP contribution in [-0.2, 0) is 0 Å². The summed E-state index contributed by atoms with van der Waals surface area (Å²) in [6.45, 7) is -0.304. The Morgan fingerprint density at radius 2 is 2.14 bits per heavy atom. The van der Waals surface area contributed by atoms with Crippen molar-refractivity contribution < 1.29 is 10.2 Å². The first-order valence-corrected chi connectivity index (χ1v) is 5.07. The van der Waals surface area contributed by atoms with Crippen LogP contribution in [-0.4, -0.2) is 43.6 Å². The Kier molecular flexibility index (Phi) is 4.33. The summed E-state index contributed by atoms with van der Waals surface area (Å²) in [5.74, 6) is 0.307. The summed E-state index contributed by atoms with van der Waals surface area (Å²) < 4.78 is 0. The molecule has 1 atom stereocenters. The second-order valence-corrected chi connectivity index (χ2v) is 3.72. The third-order valence-electron chi connectivity index (χ3n) is 1.22. The molecule has 0 spiro atoms. The lowest BCUT2D eigenvalue weighted by atomic mass is 10.4. The maximum Gasteiger partial charge on any atom is 0.228 e. The van der Waals surface area contributed by atoms with Gasteiger partial charge in [0, 0.05) is 5.75 Å². The Bertz CT molecular complexity index is 294. The van der Waals surface area contributed by atoms with Gasteiger partial charge in [-0.1, -0.05) is 11.8 Å². The Morgan fingerprint density at radius 3 is 2.71 bits per heavy atom. The second-order valence-electron chi connectivity index (χ2n) is 2.39. The fraction of sp³-hybridized carbons (Fsp3) is 0.500. The summed E-state index contributed by atoms with van der Waals surface area (Å²) >= 11 is 6.68. The number of halogens is 1. The summed E-state index contributed by atoms with van der Waals surface area (Å²) in [5.41, 5.74) is 5.33. The zero-order chi connectivity index (χ0) is 10.6. The maximum absolute atomic E-state index is 9.05. The first-order chi connectivity index (χ1) is 6.61. The van der Waals surface area contributed by atoms with Crippen LogP contribution < -0.4 is 5.73 Å². The second kappa shape index (κ2) is 5.30. The van der Waals surface area contributed by atoms with Gasteiger partial charge in [-0.15, -0.1) is 0 Å². The lowest BCUT2D eigenvalue weighted by Crippen LogP contribution is -2.15. The minimum atomic E-state index is -0.809. The molecular weight excluding hydrogens is 228 g/mol. The van der Waals surface area contributed by atoms with Crippen molar-refractivity contribution in [1.29, 1.82) is 0 Å². The number of nitrogens with zero attached hydrogens (tertiary/aromatic N) is 3. The predicted octanol–water partition coefficient (Wildman–Crippen LogP) is -0.448. The Morgan fingerprint density at radius 1 is 1.43 bits per heavy atom. The molecule has 0 fully saturated rings. The molecular formula is C6H9ClN4O2S. The largest absolute Gasteiger partial charge is 0.394 e. The van der Waals surface area contributed by atoms with Gasteiger partial charge in [-0.3, -0.25) is 0 Å². The van der Waals surface area contributed by atoms with E-state index in [-0.39, 0.29) is 23.6 Å². The molecule has 0 saturated heterocycles. The molecule has 0 bridgehead atoms. The van der Waals surface area contributed by atoms with Crippen LogP contribution in [0.5, 0.6) is 0 Å². The van der Waals surface area contributed by atoms with Crippen molar-refractivity contribution in [3.63, 3.8) is 0 Å². The first-order valence-electron chi connectivity index (χ1n) is 3.70. The number of aliphatic hydroxyl groups is 2. The summed E-state index contributed by atoms with van der Waals surface area (Å²) in [6, 6.07) is 0. The normalized spacial score (nSPS) is 12.8. The van der Waals surface area contributed by atoms with E-state index >= 15 is 0 Å². The van der Waals surface area contributed by atoms with E-state index in [0.29, 0.717) is 5.16 Å². The average Bonchev–Trinajstić information content (AvgIpc) is 2.12. The molecule has 0 aromatic carbocycles. The van der Waals surface area contributed by atoms with Gasteiger partial charge in [-0.2, -0.15) is 15.0 Å². The summed E-state index contributed by atoms with van der Waals surface area (Å²) in [6.07, 6.45) is -0.809. The standard InChI is InChI=1S/C6H9ClN4O2S/c7-4-9-5(8)11-6(10-4)14-2-3(13)1-12/h3,12-13H,1-2H2,(H2,8,9,10,11). The molecule has 6 nitrogen and oxygen atoms in total. The van der Waals surface area contributed by atoms with Crippen molar-refractivity contribution in [2.45, 2.75) is 11.3 Å². The Balaban J connectivity index is 2.58. The van der Waals surface area contributed by atoms with Crippen LogP contribution in [0.15, 0.2) is 5.16 Å². The van der Waals surface area contributed by atoms with Crippen LogP contribution in [0.4, 0.5) is 5.95 Å². The molecule has 78 valence electrons. The lowest BCUT2D eigenvalue weighted by Gasteiger charge is -2.05. The number of thioether (sulfide) groups is 1. The van der Waals surface area contributed by atoms with Gasteiger partial charge in [0.2, 0.25) is 11.2 Å². The number of rotatable bonds is 4. The van der Waals surface area contributed by atoms with E-state index in [1.54, 1.807) is 0 Å². The molecule has 1 unspecified atom stereocenters. The van der Waals surface area contributed by atoms with Gasteiger partial charge in [-0.25, -0.2) is 0 Å². The van der Waals surface area contributed by atoms with Crippen LogP contribution in [0.2, 0.25) is 5.28 Å². The number of nitrogen functional groups attached to an aromatic ring is 1. The van der Waals surface area contributed by atoms with Crippen molar-refractivity contribution in [3.8, 4) is 0 Å².